The zero-order valence-electron chi connectivity index (χ0n) is 25.1. The Morgan fingerprint density at radius 3 is 1.83 bits per heavy atom. The quantitative estimate of drug-likeness (QED) is 0.186. The van der Waals surface area contributed by atoms with Crippen molar-refractivity contribution in [1.29, 1.82) is 0 Å². The highest BCUT2D eigenvalue weighted by Gasteiger charge is 2.33. The summed E-state index contributed by atoms with van der Waals surface area (Å²) in [5.41, 5.74) is 4.87. The first kappa shape index (κ1) is 35.8. The number of carbonyl (C=O) groups is 6. The second-order valence-corrected chi connectivity index (χ2v) is 11.3. The van der Waals surface area contributed by atoms with E-state index in [9.17, 15) is 28.8 Å². The van der Waals surface area contributed by atoms with Crippen LogP contribution < -0.4 is 21.7 Å². The molecule has 0 aliphatic rings. The Hall–Kier alpha value is -4.20. The van der Waals surface area contributed by atoms with E-state index < -0.39 is 84.5 Å². The van der Waals surface area contributed by atoms with Crippen LogP contribution in [0.1, 0.15) is 59.9 Å². The number of nitrogens with one attached hydrogen (secondary N) is 3. The highest BCUT2D eigenvalue weighted by atomic mass is 16.6. The molecular formula is C28H42N4O10. The molecule has 0 fully saturated rings. The van der Waals surface area contributed by atoms with Crippen molar-refractivity contribution in [3.05, 3.63) is 35.9 Å². The zero-order chi connectivity index (χ0) is 32.1. The van der Waals surface area contributed by atoms with E-state index in [-0.39, 0.29) is 6.61 Å². The minimum absolute atomic E-state index is 0.0323. The van der Waals surface area contributed by atoms with Crippen LogP contribution in [0.25, 0.3) is 0 Å². The number of alkyl carbamates (subject to hydrolysis) is 1. The minimum atomic E-state index is -1.56. The normalized spacial score (nSPS) is 13.4. The minimum Gasteiger partial charge on any atom is -0.467 e. The molecule has 0 heterocycles. The van der Waals surface area contributed by atoms with Crippen LogP contribution in [0.3, 0.4) is 0 Å². The summed E-state index contributed by atoms with van der Waals surface area (Å²) in [6, 6.07) is 4.47. The summed E-state index contributed by atoms with van der Waals surface area (Å²) >= 11 is 0. The highest BCUT2D eigenvalue weighted by molar-refractivity contribution is 5.95. The van der Waals surface area contributed by atoms with Gasteiger partial charge in [0.05, 0.1) is 32.5 Å². The summed E-state index contributed by atoms with van der Waals surface area (Å²) in [4.78, 5) is 75.1. The molecule has 0 aliphatic carbocycles. The lowest BCUT2D eigenvalue weighted by Crippen LogP contribution is -2.57. The van der Waals surface area contributed by atoms with E-state index in [1.54, 1.807) is 71.9 Å². The van der Waals surface area contributed by atoms with E-state index in [0.29, 0.717) is 0 Å². The Bertz CT molecular complexity index is 1100. The average molecular weight is 595 g/mol. The summed E-state index contributed by atoms with van der Waals surface area (Å²) in [5.74, 6) is -4.40. The molecule has 0 radical (unpaired) electrons. The van der Waals surface area contributed by atoms with Crippen LogP contribution in [0.5, 0.6) is 0 Å². The molecule has 5 N–H and O–H groups in total. The van der Waals surface area contributed by atoms with Gasteiger partial charge in [0, 0.05) is 0 Å². The number of amides is 3. The average Bonchev–Trinajstić information content (AvgIpc) is 2.87. The maximum Gasteiger partial charge on any atom is 0.407 e. The number of esters is 3. The van der Waals surface area contributed by atoms with Crippen molar-refractivity contribution in [1.82, 2.24) is 16.0 Å². The molecule has 42 heavy (non-hydrogen) atoms. The van der Waals surface area contributed by atoms with Crippen LogP contribution in [-0.2, 0) is 49.5 Å². The number of ether oxygens (including phenoxy) is 4. The summed E-state index contributed by atoms with van der Waals surface area (Å²) < 4.78 is 20.2. The van der Waals surface area contributed by atoms with E-state index in [4.69, 9.17) is 24.7 Å². The predicted molar refractivity (Wildman–Crippen MR) is 149 cm³/mol. The number of nitrogens with two attached hydrogens (primary N) is 1. The number of hydrogen-bond acceptors (Lipinski definition) is 11. The number of hydrogen-bond donors (Lipinski definition) is 4. The molecule has 234 valence electrons. The van der Waals surface area contributed by atoms with Crippen molar-refractivity contribution < 1.29 is 47.7 Å². The molecule has 1 aromatic rings. The number of rotatable bonds is 13. The van der Waals surface area contributed by atoms with Gasteiger partial charge in [-0.3, -0.25) is 19.2 Å². The van der Waals surface area contributed by atoms with Gasteiger partial charge in [0.25, 0.3) is 0 Å². The van der Waals surface area contributed by atoms with E-state index in [2.05, 4.69) is 16.0 Å². The van der Waals surface area contributed by atoms with Crippen LogP contribution in [0.15, 0.2) is 30.3 Å². The van der Waals surface area contributed by atoms with Gasteiger partial charge in [-0.05, 0) is 47.1 Å². The summed E-state index contributed by atoms with van der Waals surface area (Å²) in [7, 11) is 1.07. The van der Waals surface area contributed by atoms with E-state index in [1.807, 2.05) is 0 Å². The van der Waals surface area contributed by atoms with Crippen molar-refractivity contribution in [3.63, 3.8) is 0 Å². The van der Waals surface area contributed by atoms with Gasteiger partial charge in [0.2, 0.25) is 11.8 Å². The molecule has 0 unspecified atom stereocenters. The van der Waals surface area contributed by atoms with E-state index in [1.165, 1.54) is 0 Å². The van der Waals surface area contributed by atoms with Gasteiger partial charge in [-0.1, -0.05) is 30.3 Å². The molecule has 0 saturated heterocycles. The van der Waals surface area contributed by atoms with Gasteiger partial charge in [0.15, 0.2) is 0 Å². The molecule has 0 saturated carbocycles. The van der Waals surface area contributed by atoms with Crippen molar-refractivity contribution >= 4 is 35.8 Å². The molecule has 14 nitrogen and oxygen atoms in total. The Morgan fingerprint density at radius 1 is 0.786 bits per heavy atom. The Kier molecular flexibility index (Phi) is 13.9. The first-order valence-corrected chi connectivity index (χ1v) is 13.2. The number of methoxy groups -OCH3 is 1. The molecule has 14 heteroatoms. The van der Waals surface area contributed by atoms with Crippen LogP contribution >= 0.6 is 0 Å². The summed E-state index contributed by atoms with van der Waals surface area (Å²) in [5, 5.41) is 7.02. The maximum atomic E-state index is 13.2. The lowest BCUT2D eigenvalue weighted by atomic mass is 10.1. The lowest BCUT2D eigenvalue weighted by molar-refractivity contribution is -0.158. The van der Waals surface area contributed by atoms with Crippen LogP contribution in [0.2, 0.25) is 0 Å². The standard InChI is InChI=1S/C28H42N4O10/c1-27(2,3)41-21(33)13-18(29)23(35)31-19(14-22(34)42-28(4,5)6)24(36)32-20(25(37)39-7)15-30-26(38)40-16-17-11-9-8-10-12-17/h8-12,18-20H,13-16,29H2,1-7H3,(H,30,38)(H,31,35)(H,32,36)/t18-,19-,20-/m0/s1. The fraction of sp³-hybridized carbons (Fsp3) is 0.571. The second kappa shape index (κ2) is 16.3. The molecule has 0 aromatic heterocycles. The smallest absolute Gasteiger partial charge is 0.407 e. The Labute approximate surface area is 245 Å². The molecule has 0 spiro atoms. The van der Waals surface area contributed by atoms with Crippen molar-refractivity contribution in [2.45, 2.75) is 90.3 Å². The van der Waals surface area contributed by atoms with Gasteiger partial charge in [0.1, 0.15) is 29.9 Å². The van der Waals surface area contributed by atoms with E-state index in [0.717, 1.165) is 12.7 Å². The first-order valence-electron chi connectivity index (χ1n) is 13.2. The largest absolute Gasteiger partial charge is 0.467 e. The third kappa shape index (κ3) is 15.0. The van der Waals surface area contributed by atoms with Crippen LogP contribution in [-0.4, -0.2) is 78.8 Å². The monoisotopic (exact) mass is 594 g/mol. The number of carbonyl (C=O) groups excluding carboxylic acids is 6. The lowest BCUT2D eigenvalue weighted by Gasteiger charge is -2.25. The molecule has 1 aromatic carbocycles. The first-order chi connectivity index (χ1) is 19.4. The van der Waals surface area contributed by atoms with E-state index >= 15 is 0 Å². The molecule has 3 amide bonds. The van der Waals surface area contributed by atoms with Gasteiger partial charge in [-0.2, -0.15) is 0 Å². The Morgan fingerprint density at radius 2 is 1.31 bits per heavy atom. The molecule has 3 atom stereocenters. The third-order valence-corrected chi connectivity index (χ3v) is 5.03. The maximum absolute atomic E-state index is 13.2. The van der Waals surface area contributed by atoms with Crippen molar-refractivity contribution in [2.24, 2.45) is 5.73 Å². The fourth-order valence-corrected chi connectivity index (χ4v) is 3.26. The Balaban J connectivity index is 2.95. The molecular weight excluding hydrogens is 552 g/mol. The second-order valence-electron chi connectivity index (χ2n) is 11.3. The van der Waals surface area contributed by atoms with Gasteiger partial charge in [-0.25, -0.2) is 9.59 Å². The third-order valence-electron chi connectivity index (χ3n) is 5.03. The highest BCUT2D eigenvalue weighted by Crippen LogP contribution is 2.11. The fourth-order valence-electron chi connectivity index (χ4n) is 3.26. The van der Waals surface area contributed by atoms with Crippen molar-refractivity contribution in [2.75, 3.05) is 13.7 Å². The van der Waals surface area contributed by atoms with Crippen molar-refractivity contribution in [3.8, 4) is 0 Å². The SMILES string of the molecule is COC(=O)[C@H](CNC(=O)OCc1ccccc1)NC(=O)[C@H](CC(=O)OC(C)(C)C)NC(=O)[C@@H](N)CC(=O)OC(C)(C)C. The molecule has 0 aliphatic heterocycles. The molecule has 0 bridgehead atoms. The van der Waals surface area contributed by atoms with Gasteiger partial charge < -0.3 is 40.6 Å². The molecule has 1 rings (SSSR count). The summed E-state index contributed by atoms with van der Waals surface area (Å²) in [6.07, 6.45) is -1.99. The van der Waals surface area contributed by atoms with Crippen LogP contribution in [0.4, 0.5) is 4.79 Å². The number of benzene rings is 1. The van der Waals surface area contributed by atoms with Gasteiger partial charge >= 0.3 is 24.0 Å². The zero-order valence-corrected chi connectivity index (χ0v) is 25.1. The predicted octanol–water partition coefficient (Wildman–Crippen LogP) is 0.846. The topological polar surface area (TPSA) is 201 Å². The summed E-state index contributed by atoms with van der Waals surface area (Å²) in [6.45, 7) is 9.32. The van der Waals surface area contributed by atoms with Crippen LogP contribution in [0, 0.1) is 0 Å². The van der Waals surface area contributed by atoms with Gasteiger partial charge in [-0.15, -0.1) is 0 Å².